The standard InChI is InChI=1S/C17H15N3O7/c1-10(21)27-14-8-7-11(15(20(24)25)16(14)26-2)9-18-19-17(23)12-5-3-4-6-13(12)22/h3-9,22H,1-2H3,(H,19,23). The molecule has 0 radical (unpaired) electrons. The Morgan fingerprint density at radius 3 is 2.56 bits per heavy atom. The van der Waals surface area contributed by atoms with Crippen LogP contribution in [0.2, 0.25) is 0 Å². The number of nitrogens with zero attached hydrogens (tertiary/aromatic N) is 2. The van der Waals surface area contributed by atoms with E-state index in [1.165, 1.54) is 31.4 Å². The van der Waals surface area contributed by atoms with Gasteiger partial charge in [0.25, 0.3) is 5.91 Å². The molecule has 0 aliphatic rings. The maximum Gasteiger partial charge on any atom is 0.323 e. The number of para-hydroxylation sites is 1. The molecule has 0 aliphatic carbocycles. The van der Waals surface area contributed by atoms with E-state index >= 15 is 0 Å². The Kier molecular flexibility index (Phi) is 6.05. The summed E-state index contributed by atoms with van der Waals surface area (Å²) < 4.78 is 9.88. The number of methoxy groups -OCH3 is 1. The van der Waals surface area contributed by atoms with Crippen LogP contribution in [0.25, 0.3) is 0 Å². The number of nitrogens with one attached hydrogen (secondary N) is 1. The van der Waals surface area contributed by atoms with E-state index in [1.54, 1.807) is 12.1 Å². The second-order valence-corrected chi connectivity index (χ2v) is 5.10. The molecular formula is C17H15N3O7. The summed E-state index contributed by atoms with van der Waals surface area (Å²) in [5.41, 5.74) is 1.67. The molecule has 2 N–H and O–H groups in total. The minimum Gasteiger partial charge on any atom is -0.507 e. The molecule has 0 heterocycles. The molecule has 0 unspecified atom stereocenters. The summed E-state index contributed by atoms with van der Waals surface area (Å²) in [7, 11) is 1.19. The molecule has 0 saturated carbocycles. The number of carbonyl (C=O) groups excluding carboxylic acids is 2. The van der Waals surface area contributed by atoms with Gasteiger partial charge in [0.15, 0.2) is 5.75 Å². The van der Waals surface area contributed by atoms with Crippen molar-refractivity contribution < 1.29 is 29.1 Å². The molecule has 0 fully saturated rings. The number of hydrogen-bond acceptors (Lipinski definition) is 8. The quantitative estimate of drug-likeness (QED) is 0.259. The summed E-state index contributed by atoms with van der Waals surface area (Å²) in [5.74, 6) is -1.98. The molecule has 140 valence electrons. The number of rotatable bonds is 6. The highest BCUT2D eigenvalue weighted by Crippen LogP contribution is 2.39. The van der Waals surface area contributed by atoms with Gasteiger partial charge in [-0.25, -0.2) is 5.43 Å². The van der Waals surface area contributed by atoms with Gasteiger partial charge in [0.05, 0.1) is 29.4 Å². The van der Waals surface area contributed by atoms with Crippen molar-refractivity contribution in [3.8, 4) is 17.2 Å². The number of benzene rings is 2. The molecule has 0 spiro atoms. The summed E-state index contributed by atoms with van der Waals surface area (Å²) in [6, 6.07) is 8.42. The monoisotopic (exact) mass is 373 g/mol. The van der Waals surface area contributed by atoms with Gasteiger partial charge in [-0.15, -0.1) is 0 Å². The number of carbonyl (C=O) groups is 2. The third-order valence-corrected chi connectivity index (χ3v) is 3.29. The van der Waals surface area contributed by atoms with Crippen molar-refractivity contribution in [1.82, 2.24) is 5.43 Å². The van der Waals surface area contributed by atoms with Crippen LogP contribution in [0.5, 0.6) is 17.2 Å². The van der Waals surface area contributed by atoms with Gasteiger partial charge >= 0.3 is 11.7 Å². The Morgan fingerprint density at radius 2 is 1.96 bits per heavy atom. The number of hydrazone groups is 1. The lowest BCUT2D eigenvalue weighted by Crippen LogP contribution is -2.17. The second-order valence-electron chi connectivity index (χ2n) is 5.10. The zero-order valence-electron chi connectivity index (χ0n) is 14.3. The van der Waals surface area contributed by atoms with Crippen LogP contribution >= 0.6 is 0 Å². The Balaban J connectivity index is 2.31. The predicted molar refractivity (Wildman–Crippen MR) is 94.1 cm³/mol. The van der Waals surface area contributed by atoms with Gasteiger partial charge < -0.3 is 14.6 Å². The molecule has 10 heteroatoms. The first-order valence-corrected chi connectivity index (χ1v) is 7.50. The lowest BCUT2D eigenvalue weighted by molar-refractivity contribution is -0.385. The molecule has 10 nitrogen and oxygen atoms in total. The van der Waals surface area contributed by atoms with Gasteiger partial charge in [-0.05, 0) is 24.3 Å². The smallest absolute Gasteiger partial charge is 0.323 e. The summed E-state index contributed by atoms with van der Waals surface area (Å²) in [6.07, 6.45) is 1.04. The van der Waals surface area contributed by atoms with E-state index in [0.29, 0.717) is 0 Å². The summed E-state index contributed by atoms with van der Waals surface area (Å²) in [4.78, 5) is 33.8. The van der Waals surface area contributed by atoms with Crippen LogP contribution in [-0.2, 0) is 4.79 Å². The second kappa shape index (κ2) is 8.43. The minimum atomic E-state index is -0.724. The number of esters is 1. The van der Waals surface area contributed by atoms with Crippen molar-refractivity contribution in [3.05, 3.63) is 57.6 Å². The fraction of sp³-hybridized carbons (Fsp3) is 0.118. The lowest BCUT2D eigenvalue weighted by Gasteiger charge is -2.09. The van der Waals surface area contributed by atoms with Crippen molar-refractivity contribution >= 4 is 23.8 Å². The van der Waals surface area contributed by atoms with Crippen molar-refractivity contribution in [3.63, 3.8) is 0 Å². The largest absolute Gasteiger partial charge is 0.507 e. The van der Waals surface area contributed by atoms with Crippen LogP contribution in [0.3, 0.4) is 0 Å². The summed E-state index contributed by atoms with van der Waals surface area (Å²) >= 11 is 0. The topological polar surface area (TPSA) is 140 Å². The molecule has 27 heavy (non-hydrogen) atoms. The number of phenolic OH excluding ortho intramolecular Hbond substituents is 1. The maximum absolute atomic E-state index is 12.0. The number of ether oxygens (including phenoxy) is 2. The molecule has 0 atom stereocenters. The lowest BCUT2D eigenvalue weighted by atomic mass is 10.1. The molecular weight excluding hydrogens is 358 g/mol. The van der Waals surface area contributed by atoms with E-state index in [0.717, 1.165) is 13.1 Å². The van der Waals surface area contributed by atoms with Crippen molar-refractivity contribution in [2.75, 3.05) is 7.11 Å². The average Bonchev–Trinajstić information content (AvgIpc) is 2.61. The van der Waals surface area contributed by atoms with E-state index in [2.05, 4.69) is 10.5 Å². The van der Waals surface area contributed by atoms with E-state index in [-0.39, 0.29) is 28.4 Å². The maximum atomic E-state index is 12.0. The normalized spacial score (nSPS) is 10.4. The number of phenols is 1. The van der Waals surface area contributed by atoms with E-state index in [9.17, 15) is 24.8 Å². The molecule has 0 saturated heterocycles. The fourth-order valence-corrected chi connectivity index (χ4v) is 2.18. The van der Waals surface area contributed by atoms with E-state index in [4.69, 9.17) is 9.47 Å². The third-order valence-electron chi connectivity index (χ3n) is 3.29. The zero-order chi connectivity index (χ0) is 20.0. The van der Waals surface area contributed by atoms with Crippen LogP contribution < -0.4 is 14.9 Å². The molecule has 2 rings (SSSR count). The molecule has 0 bridgehead atoms. The number of amides is 1. The van der Waals surface area contributed by atoms with Gasteiger partial charge in [0.2, 0.25) is 5.75 Å². The third kappa shape index (κ3) is 4.57. The van der Waals surface area contributed by atoms with Gasteiger partial charge in [-0.3, -0.25) is 19.7 Å². The molecule has 1 amide bonds. The average molecular weight is 373 g/mol. The Hall–Kier alpha value is -3.95. The van der Waals surface area contributed by atoms with Crippen molar-refractivity contribution in [2.45, 2.75) is 6.92 Å². The number of nitro groups is 1. The van der Waals surface area contributed by atoms with Crippen molar-refractivity contribution in [2.24, 2.45) is 5.10 Å². The highest BCUT2D eigenvalue weighted by atomic mass is 16.6. The highest BCUT2D eigenvalue weighted by Gasteiger charge is 2.25. The Bertz CT molecular complexity index is 925. The Labute approximate surface area is 153 Å². The number of nitro benzene ring substituents is 1. The van der Waals surface area contributed by atoms with Gasteiger partial charge in [0.1, 0.15) is 5.75 Å². The van der Waals surface area contributed by atoms with Crippen LogP contribution in [0, 0.1) is 10.1 Å². The molecule has 0 aromatic heterocycles. The van der Waals surface area contributed by atoms with Gasteiger partial charge in [0, 0.05) is 6.92 Å². The predicted octanol–water partition coefficient (Wildman–Crippen LogP) is 2.00. The molecule has 2 aromatic carbocycles. The highest BCUT2D eigenvalue weighted by molar-refractivity contribution is 5.97. The van der Waals surface area contributed by atoms with Crippen molar-refractivity contribution in [1.29, 1.82) is 0 Å². The van der Waals surface area contributed by atoms with Gasteiger partial charge in [-0.1, -0.05) is 12.1 Å². The summed E-state index contributed by atoms with van der Waals surface area (Å²) in [6.45, 7) is 1.15. The molecule has 0 aliphatic heterocycles. The first kappa shape index (κ1) is 19.4. The fourth-order valence-electron chi connectivity index (χ4n) is 2.18. The number of aromatic hydroxyl groups is 1. The van der Waals surface area contributed by atoms with Crippen LogP contribution in [0.15, 0.2) is 41.5 Å². The van der Waals surface area contributed by atoms with E-state index < -0.39 is 22.5 Å². The van der Waals surface area contributed by atoms with Crippen LogP contribution in [0.1, 0.15) is 22.8 Å². The van der Waals surface area contributed by atoms with Crippen LogP contribution in [0.4, 0.5) is 5.69 Å². The number of hydrogen-bond donors (Lipinski definition) is 2. The zero-order valence-corrected chi connectivity index (χ0v) is 14.3. The first-order valence-electron chi connectivity index (χ1n) is 7.50. The van der Waals surface area contributed by atoms with Crippen LogP contribution in [-0.4, -0.2) is 35.2 Å². The van der Waals surface area contributed by atoms with Gasteiger partial charge in [-0.2, -0.15) is 5.10 Å². The van der Waals surface area contributed by atoms with E-state index in [1.807, 2.05) is 0 Å². The Morgan fingerprint density at radius 1 is 1.26 bits per heavy atom. The minimum absolute atomic E-state index is 0.00494. The molecule has 2 aromatic rings. The first-order chi connectivity index (χ1) is 12.8. The summed E-state index contributed by atoms with van der Waals surface area (Å²) in [5, 5.41) is 24.7. The SMILES string of the molecule is COc1c(OC(C)=O)ccc(C=NNC(=O)c2ccccc2O)c1[N+](=O)[O-].